The van der Waals surface area contributed by atoms with Crippen LogP contribution in [-0.4, -0.2) is 19.2 Å². The molecule has 1 aromatic carbocycles. The molecule has 0 spiro atoms. The van der Waals surface area contributed by atoms with Gasteiger partial charge in [0.2, 0.25) is 0 Å². The summed E-state index contributed by atoms with van der Waals surface area (Å²) in [5.74, 6) is 0. The molecule has 0 fully saturated rings. The van der Waals surface area contributed by atoms with Gasteiger partial charge in [-0.15, -0.1) is 12.4 Å². The van der Waals surface area contributed by atoms with Gasteiger partial charge >= 0.3 is 6.09 Å². The first-order valence-electron chi connectivity index (χ1n) is 4.02. The van der Waals surface area contributed by atoms with Gasteiger partial charge in [0, 0.05) is 12.2 Å². The molecule has 78 valence electrons. The molecule has 0 bridgehead atoms. The lowest BCUT2D eigenvalue weighted by Crippen LogP contribution is -2.18. The predicted molar refractivity (Wildman–Crippen MR) is 57.7 cm³/mol. The van der Waals surface area contributed by atoms with E-state index in [4.69, 9.17) is 10.5 Å². The van der Waals surface area contributed by atoms with E-state index in [1.807, 2.05) is 18.2 Å². The van der Waals surface area contributed by atoms with Gasteiger partial charge in [-0.3, -0.25) is 5.32 Å². The van der Waals surface area contributed by atoms with E-state index < -0.39 is 6.09 Å². The van der Waals surface area contributed by atoms with Crippen LogP contribution in [0.3, 0.4) is 0 Å². The lowest BCUT2D eigenvalue weighted by molar-refractivity contribution is 0.165. The number of carbonyl (C=O) groups is 1. The predicted octanol–water partition coefficient (Wildman–Crippen LogP) is 1.62. The van der Waals surface area contributed by atoms with Gasteiger partial charge in [0.25, 0.3) is 0 Å². The normalized spacial score (nSPS) is 8.64. The molecule has 0 heterocycles. The number of halogens is 1. The van der Waals surface area contributed by atoms with Gasteiger partial charge in [0.1, 0.15) is 6.61 Å². The van der Waals surface area contributed by atoms with Crippen molar-refractivity contribution in [2.75, 3.05) is 18.5 Å². The fourth-order valence-electron chi connectivity index (χ4n) is 0.827. The molecule has 1 aromatic rings. The summed E-state index contributed by atoms with van der Waals surface area (Å²) >= 11 is 0. The second-order valence-electron chi connectivity index (χ2n) is 2.42. The zero-order valence-electron chi connectivity index (χ0n) is 7.60. The number of para-hydroxylation sites is 1. The van der Waals surface area contributed by atoms with Gasteiger partial charge in [-0.2, -0.15) is 0 Å². The van der Waals surface area contributed by atoms with E-state index in [9.17, 15) is 4.79 Å². The Morgan fingerprint density at radius 2 is 2.00 bits per heavy atom. The minimum atomic E-state index is -0.475. The van der Waals surface area contributed by atoms with Gasteiger partial charge in [0.05, 0.1) is 0 Å². The van der Waals surface area contributed by atoms with Crippen molar-refractivity contribution in [2.45, 2.75) is 0 Å². The molecule has 1 rings (SSSR count). The Morgan fingerprint density at radius 3 is 2.57 bits per heavy atom. The topological polar surface area (TPSA) is 64.3 Å². The molecule has 0 saturated heterocycles. The molecule has 1 amide bonds. The summed E-state index contributed by atoms with van der Waals surface area (Å²) in [5.41, 5.74) is 5.88. The van der Waals surface area contributed by atoms with E-state index in [0.29, 0.717) is 12.2 Å². The minimum Gasteiger partial charge on any atom is -0.448 e. The highest BCUT2D eigenvalue weighted by atomic mass is 35.5. The highest BCUT2D eigenvalue weighted by molar-refractivity contribution is 5.85. The van der Waals surface area contributed by atoms with E-state index >= 15 is 0 Å². The maximum absolute atomic E-state index is 11.0. The number of ether oxygens (including phenoxy) is 1. The highest BCUT2D eigenvalue weighted by Crippen LogP contribution is 2.04. The van der Waals surface area contributed by atoms with Gasteiger partial charge < -0.3 is 10.5 Å². The molecule has 0 unspecified atom stereocenters. The largest absolute Gasteiger partial charge is 0.448 e. The Kier molecular flexibility index (Phi) is 6.53. The lowest BCUT2D eigenvalue weighted by Gasteiger charge is -2.04. The summed E-state index contributed by atoms with van der Waals surface area (Å²) in [7, 11) is 0. The number of amides is 1. The van der Waals surface area contributed by atoms with Crippen LogP contribution in [0.15, 0.2) is 30.3 Å². The smallest absolute Gasteiger partial charge is 0.411 e. The average molecular weight is 217 g/mol. The third kappa shape index (κ3) is 4.69. The first-order chi connectivity index (χ1) is 6.33. The number of hydrogen-bond donors (Lipinski definition) is 2. The molecular weight excluding hydrogens is 204 g/mol. The Bertz CT molecular complexity index is 267. The fraction of sp³-hybridized carbons (Fsp3) is 0.222. The number of anilines is 1. The Balaban J connectivity index is 0.00000169. The molecule has 0 aliphatic heterocycles. The first kappa shape index (κ1) is 12.7. The van der Waals surface area contributed by atoms with Crippen molar-refractivity contribution in [2.24, 2.45) is 5.73 Å². The van der Waals surface area contributed by atoms with Crippen molar-refractivity contribution >= 4 is 24.2 Å². The Hall–Kier alpha value is -1.26. The number of nitrogens with one attached hydrogen (secondary N) is 1. The standard InChI is InChI=1S/C9H12N2O2.ClH/c10-6-7-13-9(12)11-8-4-2-1-3-5-8;/h1-5H,6-7,10H2,(H,11,12);1H. The van der Waals surface area contributed by atoms with Gasteiger partial charge in [-0.1, -0.05) is 18.2 Å². The summed E-state index contributed by atoms with van der Waals surface area (Å²) in [4.78, 5) is 11.0. The molecule has 14 heavy (non-hydrogen) atoms. The molecular formula is C9H13ClN2O2. The van der Waals surface area contributed by atoms with Crippen LogP contribution in [0.5, 0.6) is 0 Å². The molecule has 0 aliphatic rings. The molecule has 3 N–H and O–H groups in total. The van der Waals surface area contributed by atoms with E-state index in [1.165, 1.54) is 0 Å². The molecule has 0 radical (unpaired) electrons. The van der Waals surface area contributed by atoms with Gasteiger partial charge in [-0.25, -0.2) is 4.79 Å². The molecule has 0 saturated carbocycles. The van der Waals surface area contributed by atoms with Crippen LogP contribution in [0.25, 0.3) is 0 Å². The SMILES string of the molecule is Cl.NCCOC(=O)Nc1ccccc1. The molecule has 0 aromatic heterocycles. The minimum absolute atomic E-state index is 0. The zero-order chi connectivity index (χ0) is 9.52. The summed E-state index contributed by atoms with van der Waals surface area (Å²) < 4.78 is 4.72. The van der Waals surface area contributed by atoms with Crippen molar-refractivity contribution in [3.63, 3.8) is 0 Å². The molecule has 5 heteroatoms. The molecule has 0 atom stereocenters. The molecule has 0 aliphatic carbocycles. The zero-order valence-corrected chi connectivity index (χ0v) is 8.42. The number of hydrogen-bond acceptors (Lipinski definition) is 3. The molecule has 4 nitrogen and oxygen atoms in total. The number of rotatable bonds is 3. The monoisotopic (exact) mass is 216 g/mol. The fourth-order valence-corrected chi connectivity index (χ4v) is 0.827. The number of benzene rings is 1. The van der Waals surface area contributed by atoms with Gasteiger partial charge in [0.15, 0.2) is 0 Å². The van der Waals surface area contributed by atoms with Crippen LogP contribution in [0, 0.1) is 0 Å². The van der Waals surface area contributed by atoms with Crippen molar-refractivity contribution in [1.29, 1.82) is 0 Å². The highest BCUT2D eigenvalue weighted by Gasteiger charge is 2.00. The summed E-state index contributed by atoms with van der Waals surface area (Å²) in [6.07, 6.45) is -0.475. The van der Waals surface area contributed by atoms with E-state index in [2.05, 4.69) is 5.32 Å². The van der Waals surface area contributed by atoms with E-state index in [1.54, 1.807) is 12.1 Å². The van der Waals surface area contributed by atoms with E-state index in [-0.39, 0.29) is 19.0 Å². The van der Waals surface area contributed by atoms with Crippen LogP contribution < -0.4 is 11.1 Å². The van der Waals surface area contributed by atoms with Crippen molar-refractivity contribution in [3.8, 4) is 0 Å². The number of carbonyl (C=O) groups excluding carboxylic acids is 1. The maximum Gasteiger partial charge on any atom is 0.411 e. The van der Waals surface area contributed by atoms with Crippen LogP contribution >= 0.6 is 12.4 Å². The lowest BCUT2D eigenvalue weighted by atomic mass is 10.3. The first-order valence-corrected chi connectivity index (χ1v) is 4.02. The van der Waals surface area contributed by atoms with Gasteiger partial charge in [-0.05, 0) is 12.1 Å². The second-order valence-corrected chi connectivity index (χ2v) is 2.42. The third-order valence-electron chi connectivity index (χ3n) is 1.37. The van der Waals surface area contributed by atoms with Crippen LogP contribution in [0.2, 0.25) is 0 Å². The van der Waals surface area contributed by atoms with Crippen LogP contribution in [-0.2, 0) is 4.74 Å². The average Bonchev–Trinajstić information content (AvgIpc) is 2.16. The quantitative estimate of drug-likeness (QED) is 0.807. The van der Waals surface area contributed by atoms with E-state index in [0.717, 1.165) is 0 Å². The van der Waals surface area contributed by atoms with Crippen LogP contribution in [0.4, 0.5) is 10.5 Å². The van der Waals surface area contributed by atoms with Crippen LogP contribution in [0.1, 0.15) is 0 Å². The maximum atomic E-state index is 11.0. The Morgan fingerprint density at radius 1 is 1.36 bits per heavy atom. The summed E-state index contributed by atoms with van der Waals surface area (Å²) in [6, 6.07) is 9.10. The van der Waals surface area contributed by atoms with Crippen molar-refractivity contribution in [1.82, 2.24) is 0 Å². The third-order valence-corrected chi connectivity index (χ3v) is 1.37. The summed E-state index contributed by atoms with van der Waals surface area (Å²) in [6.45, 7) is 0.570. The number of nitrogens with two attached hydrogens (primary N) is 1. The summed E-state index contributed by atoms with van der Waals surface area (Å²) in [5, 5.41) is 2.56. The van der Waals surface area contributed by atoms with Crippen molar-refractivity contribution in [3.05, 3.63) is 30.3 Å². The second kappa shape index (κ2) is 7.17. The Labute approximate surface area is 88.8 Å². The van der Waals surface area contributed by atoms with Crippen molar-refractivity contribution < 1.29 is 9.53 Å².